The fourth-order valence-corrected chi connectivity index (χ4v) is 4.89. The molecule has 2 rings (SSSR count). The molecule has 2 fully saturated rings. The molecule has 0 bridgehead atoms. The molecule has 21 heavy (non-hydrogen) atoms. The number of hydrogen-bond donors (Lipinski definition) is 1. The van der Waals surface area contributed by atoms with E-state index in [2.05, 4.69) is 10.2 Å². The second kappa shape index (κ2) is 7.87. The number of piperidine rings is 1. The molecular formula is C14H30N4O2S. The number of rotatable bonds is 7. The first-order valence-corrected chi connectivity index (χ1v) is 9.55. The van der Waals surface area contributed by atoms with Gasteiger partial charge >= 0.3 is 0 Å². The Morgan fingerprint density at radius 3 is 2.48 bits per heavy atom. The molecule has 2 saturated heterocycles. The molecule has 0 aliphatic carbocycles. The molecular weight excluding hydrogens is 288 g/mol. The molecule has 2 heterocycles. The molecule has 7 heteroatoms. The average Bonchev–Trinajstić information content (AvgIpc) is 2.98. The zero-order valence-electron chi connectivity index (χ0n) is 13.4. The van der Waals surface area contributed by atoms with Crippen molar-refractivity contribution in [2.24, 2.45) is 0 Å². The highest BCUT2D eigenvalue weighted by atomic mass is 32.2. The highest BCUT2D eigenvalue weighted by Crippen LogP contribution is 2.21. The highest BCUT2D eigenvalue weighted by Gasteiger charge is 2.34. The SMILES string of the molecule is CNCC1CCCCN1S(=O)(=O)N(C)CCN1CCCC1. The standard InChI is InChI=1S/C14H30N4O2S/c1-15-13-14-7-3-4-10-18(14)21(19,20)16(2)11-12-17-8-5-6-9-17/h14-15H,3-13H2,1-2H3. The third kappa shape index (κ3) is 4.39. The molecule has 6 nitrogen and oxygen atoms in total. The van der Waals surface area contributed by atoms with E-state index in [1.54, 1.807) is 15.7 Å². The summed E-state index contributed by atoms with van der Waals surface area (Å²) in [5, 5.41) is 3.12. The third-order valence-corrected chi connectivity index (χ3v) is 6.68. The van der Waals surface area contributed by atoms with Crippen LogP contribution in [0.2, 0.25) is 0 Å². The van der Waals surface area contributed by atoms with Crippen molar-refractivity contribution in [3.8, 4) is 0 Å². The minimum absolute atomic E-state index is 0.1000. The van der Waals surface area contributed by atoms with Crippen molar-refractivity contribution in [2.45, 2.75) is 38.1 Å². The summed E-state index contributed by atoms with van der Waals surface area (Å²) in [5.74, 6) is 0. The van der Waals surface area contributed by atoms with Gasteiger partial charge in [-0.25, -0.2) is 0 Å². The number of likely N-dealkylation sites (N-methyl/N-ethyl adjacent to an activating group) is 2. The predicted octanol–water partition coefficient (Wildman–Crippen LogP) is 0.333. The molecule has 124 valence electrons. The molecule has 1 N–H and O–H groups in total. The Labute approximate surface area is 129 Å². The van der Waals surface area contributed by atoms with Gasteiger partial charge in [0.05, 0.1) is 0 Å². The summed E-state index contributed by atoms with van der Waals surface area (Å²) >= 11 is 0. The van der Waals surface area contributed by atoms with Crippen molar-refractivity contribution >= 4 is 10.2 Å². The summed E-state index contributed by atoms with van der Waals surface area (Å²) < 4.78 is 28.8. The number of hydrogen-bond acceptors (Lipinski definition) is 4. The first kappa shape index (κ1) is 17.1. The van der Waals surface area contributed by atoms with Gasteiger partial charge in [0.15, 0.2) is 0 Å². The van der Waals surface area contributed by atoms with Crippen LogP contribution in [0.5, 0.6) is 0 Å². The zero-order chi connectivity index (χ0) is 15.3. The van der Waals surface area contributed by atoms with Crippen LogP contribution in [-0.4, -0.2) is 81.3 Å². The maximum Gasteiger partial charge on any atom is 0.282 e. The van der Waals surface area contributed by atoms with E-state index < -0.39 is 10.2 Å². The number of nitrogens with zero attached hydrogens (tertiary/aromatic N) is 3. The molecule has 1 atom stereocenters. The van der Waals surface area contributed by atoms with Crippen LogP contribution >= 0.6 is 0 Å². The maximum atomic E-state index is 12.8. The summed E-state index contributed by atoms with van der Waals surface area (Å²) in [6, 6.07) is 0.1000. The highest BCUT2D eigenvalue weighted by molar-refractivity contribution is 7.86. The first-order chi connectivity index (χ1) is 10.1. The van der Waals surface area contributed by atoms with Crippen molar-refractivity contribution in [3.05, 3.63) is 0 Å². The normalized spacial score (nSPS) is 25.8. The summed E-state index contributed by atoms with van der Waals surface area (Å²) in [6.07, 6.45) is 5.54. The van der Waals surface area contributed by atoms with Crippen molar-refractivity contribution in [1.29, 1.82) is 0 Å². The van der Waals surface area contributed by atoms with Crippen molar-refractivity contribution in [3.63, 3.8) is 0 Å². The van der Waals surface area contributed by atoms with Gasteiger partial charge in [-0.15, -0.1) is 0 Å². The fourth-order valence-electron chi connectivity index (χ4n) is 3.30. The van der Waals surface area contributed by atoms with Crippen LogP contribution in [0.15, 0.2) is 0 Å². The fraction of sp³-hybridized carbons (Fsp3) is 1.00. The van der Waals surface area contributed by atoms with Crippen molar-refractivity contribution in [2.75, 3.05) is 53.4 Å². The lowest BCUT2D eigenvalue weighted by molar-refractivity contribution is 0.228. The van der Waals surface area contributed by atoms with Gasteiger partial charge < -0.3 is 10.2 Å². The quantitative estimate of drug-likeness (QED) is 0.735. The zero-order valence-corrected chi connectivity index (χ0v) is 14.2. The first-order valence-electron chi connectivity index (χ1n) is 8.16. The van der Waals surface area contributed by atoms with Crippen molar-refractivity contribution in [1.82, 2.24) is 18.8 Å². The number of nitrogens with one attached hydrogen (secondary N) is 1. The molecule has 0 amide bonds. The van der Waals surface area contributed by atoms with Gasteiger partial charge in [-0.2, -0.15) is 17.0 Å². The predicted molar refractivity (Wildman–Crippen MR) is 85.5 cm³/mol. The molecule has 0 spiro atoms. The van der Waals surface area contributed by atoms with Crippen LogP contribution in [0.1, 0.15) is 32.1 Å². The van der Waals surface area contributed by atoms with Gasteiger partial charge in [0.25, 0.3) is 10.2 Å². The summed E-state index contributed by atoms with van der Waals surface area (Å²) in [4.78, 5) is 2.35. The van der Waals surface area contributed by atoms with Crippen LogP contribution in [0.3, 0.4) is 0 Å². The monoisotopic (exact) mass is 318 g/mol. The molecule has 2 aliphatic rings. The Bertz CT molecular complexity index is 407. The second-order valence-electron chi connectivity index (χ2n) is 6.20. The van der Waals surface area contributed by atoms with E-state index in [-0.39, 0.29) is 6.04 Å². The Balaban J connectivity index is 1.93. The van der Waals surface area contributed by atoms with E-state index in [4.69, 9.17) is 0 Å². The minimum Gasteiger partial charge on any atom is -0.318 e. The van der Waals surface area contributed by atoms with Crippen molar-refractivity contribution < 1.29 is 8.42 Å². The Morgan fingerprint density at radius 2 is 1.81 bits per heavy atom. The van der Waals surface area contributed by atoms with E-state index >= 15 is 0 Å². The van der Waals surface area contributed by atoms with Gasteiger partial charge in [-0.3, -0.25) is 0 Å². The summed E-state index contributed by atoms with van der Waals surface area (Å²) in [5.41, 5.74) is 0. The van der Waals surface area contributed by atoms with E-state index in [1.165, 1.54) is 12.8 Å². The van der Waals surface area contributed by atoms with Gasteiger partial charge in [0.2, 0.25) is 0 Å². The van der Waals surface area contributed by atoms with E-state index in [0.29, 0.717) is 13.1 Å². The lowest BCUT2D eigenvalue weighted by atomic mass is 10.1. The Kier molecular flexibility index (Phi) is 6.43. The Hall–Kier alpha value is -0.210. The molecule has 0 aromatic heterocycles. The van der Waals surface area contributed by atoms with Crippen LogP contribution in [-0.2, 0) is 10.2 Å². The molecule has 1 unspecified atom stereocenters. The van der Waals surface area contributed by atoms with E-state index in [9.17, 15) is 8.42 Å². The van der Waals surface area contributed by atoms with Gasteiger partial charge in [0, 0.05) is 39.3 Å². The molecule has 0 radical (unpaired) electrons. The molecule has 0 saturated carbocycles. The minimum atomic E-state index is -3.33. The molecule has 0 aromatic rings. The second-order valence-corrected chi connectivity index (χ2v) is 8.18. The Morgan fingerprint density at radius 1 is 1.14 bits per heavy atom. The van der Waals surface area contributed by atoms with Gasteiger partial charge in [-0.1, -0.05) is 6.42 Å². The van der Waals surface area contributed by atoms with Crippen LogP contribution in [0, 0.1) is 0 Å². The largest absolute Gasteiger partial charge is 0.318 e. The summed E-state index contributed by atoms with van der Waals surface area (Å²) in [7, 11) is 0.279. The topological polar surface area (TPSA) is 55.9 Å². The summed E-state index contributed by atoms with van der Waals surface area (Å²) in [6.45, 7) is 5.05. The lowest BCUT2D eigenvalue weighted by Crippen LogP contribution is -2.53. The van der Waals surface area contributed by atoms with Crippen LogP contribution in [0.25, 0.3) is 0 Å². The van der Waals surface area contributed by atoms with Gasteiger partial charge in [0.1, 0.15) is 0 Å². The van der Waals surface area contributed by atoms with Crippen LogP contribution < -0.4 is 5.32 Å². The maximum absolute atomic E-state index is 12.8. The van der Waals surface area contributed by atoms with E-state index in [1.807, 2.05) is 7.05 Å². The van der Waals surface area contributed by atoms with Crippen LogP contribution in [0.4, 0.5) is 0 Å². The molecule has 0 aromatic carbocycles. The smallest absolute Gasteiger partial charge is 0.282 e. The van der Waals surface area contributed by atoms with Gasteiger partial charge in [-0.05, 0) is 45.8 Å². The van der Waals surface area contributed by atoms with E-state index in [0.717, 1.165) is 45.4 Å². The lowest BCUT2D eigenvalue weighted by Gasteiger charge is -2.37. The molecule has 2 aliphatic heterocycles. The number of likely N-dealkylation sites (tertiary alicyclic amines) is 1. The average molecular weight is 318 g/mol. The third-order valence-electron chi connectivity index (χ3n) is 4.63.